The highest BCUT2D eigenvalue weighted by molar-refractivity contribution is 5.77. The Hall–Kier alpha value is -1.59. The molecule has 0 spiro atoms. The molecule has 2 unspecified atom stereocenters. The third-order valence-corrected chi connectivity index (χ3v) is 4.71. The van der Waals surface area contributed by atoms with Crippen molar-refractivity contribution in [3.63, 3.8) is 0 Å². The second kappa shape index (κ2) is 8.49. The van der Waals surface area contributed by atoms with Crippen molar-refractivity contribution in [2.45, 2.75) is 58.9 Å². The number of aliphatic hydroxyl groups is 1. The molecular weight excluding hydrogens is 304 g/mol. The van der Waals surface area contributed by atoms with Crippen molar-refractivity contribution in [2.75, 3.05) is 19.7 Å². The predicted molar refractivity (Wildman–Crippen MR) is 94.8 cm³/mol. The Kier molecular flexibility index (Phi) is 6.63. The lowest BCUT2D eigenvalue weighted by molar-refractivity contribution is 0.0763. The van der Waals surface area contributed by atoms with Gasteiger partial charge in [0.15, 0.2) is 0 Å². The van der Waals surface area contributed by atoms with E-state index in [2.05, 4.69) is 12.1 Å². The molecule has 2 amide bonds. The second-order valence-electron chi connectivity index (χ2n) is 6.46. The zero-order valence-electron chi connectivity index (χ0n) is 15.2. The Labute approximate surface area is 145 Å². The van der Waals surface area contributed by atoms with E-state index in [0.717, 1.165) is 17.5 Å². The molecule has 0 radical (unpaired) electrons. The van der Waals surface area contributed by atoms with Gasteiger partial charge in [0.25, 0.3) is 0 Å². The van der Waals surface area contributed by atoms with E-state index in [0.29, 0.717) is 26.2 Å². The van der Waals surface area contributed by atoms with Crippen LogP contribution in [0.4, 0.5) is 4.79 Å². The molecule has 5 nitrogen and oxygen atoms in total. The summed E-state index contributed by atoms with van der Waals surface area (Å²) in [5.41, 5.74) is 2.24. The minimum absolute atomic E-state index is 0.0195. The van der Waals surface area contributed by atoms with Gasteiger partial charge in [-0.1, -0.05) is 31.2 Å². The molecule has 1 aliphatic rings. The molecule has 0 aromatic heterocycles. The summed E-state index contributed by atoms with van der Waals surface area (Å²) >= 11 is 0. The molecule has 1 fully saturated rings. The first kappa shape index (κ1) is 18.7. The molecule has 1 aliphatic heterocycles. The maximum Gasteiger partial charge on any atom is 0.320 e. The molecule has 1 aromatic carbocycles. The van der Waals surface area contributed by atoms with Crippen molar-refractivity contribution in [1.82, 2.24) is 9.80 Å². The quantitative estimate of drug-likeness (QED) is 0.794. The summed E-state index contributed by atoms with van der Waals surface area (Å²) in [6.45, 7) is 10.4. The fraction of sp³-hybridized carbons (Fsp3) is 0.632. The lowest BCUT2D eigenvalue weighted by Gasteiger charge is -2.29. The zero-order chi connectivity index (χ0) is 17.7. The predicted octanol–water partition coefficient (Wildman–Crippen LogP) is 3.18. The van der Waals surface area contributed by atoms with Gasteiger partial charge in [0, 0.05) is 26.2 Å². The number of hydrogen-bond donors (Lipinski definition) is 1. The summed E-state index contributed by atoms with van der Waals surface area (Å²) < 4.78 is 5.65. The normalized spacial score (nSPS) is 18.8. The van der Waals surface area contributed by atoms with E-state index in [1.54, 1.807) is 11.8 Å². The van der Waals surface area contributed by atoms with Gasteiger partial charge in [-0.2, -0.15) is 0 Å². The van der Waals surface area contributed by atoms with Crippen molar-refractivity contribution >= 4 is 6.03 Å². The Morgan fingerprint density at radius 2 is 2.00 bits per heavy atom. The molecule has 2 rings (SSSR count). The summed E-state index contributed by atoms with van der Waals surface area (Å²) in [7, 11) is 0. The molecule has 1 N–H and O–H groups in total. The number of carbonyl (C=O) groups is 1. The van der Waals surface area contributed by atoms with E-state index in [-0.39, 0.29) is 18.2 Å². The van der Waals surface area contributed by atoms with Crippen LogP contribution >= 0.6 is 0 Å². The third kappa shape index (κ3) is 4.28. The molecule has 3 atom stereocenters. The maximum atomic E-state index is 12.7. The molecule has 5 heteroatoms. The highest BCUT2D eigenvalue weighted by atomic mass is 16.5. The number of amides is 2. The number of rotatable bonds is 8. The summed E-state index contributed by atoms with van der Waals surface area (Å²) in [5.74, 6) is 0. The van der Waals surface area contributed by atoms with Gasteiger partial charge in [0.05, 0.1) is 18.2 Å². The summed E-state index contributed by atoms with van der Waals surface area (Å²) in [4.78, 5) is 16.3. The lowest BCUT2D eigenvalue weighted by atomic mass is 10.1. The summed E-state index contributed by atoms with van der Waals surface area (Å²) in [6, 6.07) is 8.15. The first-order valence-corrected chi connectivity index (χ1v) is 8.91. The van der Waals surface area contributed by atoms with Crippen molar-refractivity contribution in [3.05, 3.63) is 35.4 Å². The van der Waals surface area contributed by atoms with Gasteiger partial charge in [-0.25, -0.2) is 4.79 Å². The van der Waals surface area contributed by atoms with E-state index < -0.39 is 6.10 Å². The van der Waals surface area contributed by atoms with Crippen molar-refractivity contribution in [3.8, 4) is 0 Å². The van der Waals surface area contributed by atoms with E-state index >= 15 is 0 Å². The van der Waals surface area contributed by atoms with E-state index in [4.69, 9.17) is 4.74 Å². The molecule has 134 valence electrons. The summed E-state index contributed by atoms with van der Waals surface area (Å²) in [6.07, 6.45) is 0.313. The lowest BCUT2D eigenvalue weighted by Crippen LogP contribution is -2.44. The second-order valence-corrected chi connectivity index (χ2v) is 6.46. The first-order chi connectivity index (χ1) is 11.5. The highest BCUT2D eigenvalue weighted by Gasteiger charge is 2.34. The number of ether oxygens (including phenoxy) is 1. The van der Waals surface area contributed by atoms with E-state index in [1.165, 1.54) is 0 Å². The van der Waals surface area contributed by atoms with Crippen LogP contribution in [-0.4, -0.2) is 52.8 Å². The van der Waals surface area contributed by atoms with E-state index in [1.807, 2.05) is 37.8 Å². The molecule has 1 heterocycles. The van der Waals surface area contributed by atoms with Crippen LogP contribution in [-0.2, 0) is 11.3 Å². The largest absolute Gasteiger partial charge is 0.391 e. The van der Waals surface area contributed by atoms with Gasteiger partial charge < -0.3 is 19.6 Å². The summed E-state index contributed by atoms with van der Waals surface area (Å²) in [5, 5.41) is 9.89. The SMILES string of the molecule is CCOC(C)c1cccc(CN2CCN([C@@H](CC)C(C)O)C2=O)c1. The zero-order valence-corrected chi connectivity index (χ0v) is 15.2. The first-order valence-electron chi connectivity index (χ1n) is 8.91. The number of aliphatic hydroxyl groups excluding tert-OH is 1. The van der Waals surface area contributed by atoms with E-state index in [9.17, 15) is 9.90 Å². The number of urea groups is 1. The molecule has 0 aliphatic carbocycles. The monoisotopic (exact) mass is 334 g/mol. The van der Waals surface area contributed by atoms with Crippen LogP contribution in [0.3, 0.4) is 0 Å². The minimum Gasteiger partial charge on any atom is -0.391 e. The van der Waals surface area contributed by atoms with Crippen LogP contribution in [0.15, 0.2) is 24.3 Å². The molecule has 1 aromatic rings. The van der Waals surface area contributed by atoms with Crippen LogP contribution in [0.1, 0.15) is 51.3 Å². The third-order valence-electron chi connectivity index (χ3n) is 4.71. The Morgan fingerprint density at radius 1 is 1.25 bits per heavy atom. The van der Waals surface area contributed by atoms with Crippen molar-refractivity contribution < 1.29 is 14.6 Å². The van der Waals surface area contributed by atoms with Gasteiger partial charge in [0.2, 0.25) is 0 Å². The van der Waals surface area contributed by atoms with Crippen LogP contribution < -0.4 is 0 Å². The smallest absolute Gasteiger partial charge is 0.320 e. The Bertz CT molecular complexity index is 547. The van der Waals surface area contributed by atoms with Gasteiger partial charge >= 0.3 is 6.03 Å². The van der Waals surface area contributed by atoms with Crippen LogP contribution in [0, 0.1) is 0 Å². The average Bonchev–Trinajstić information content (AvgIpc) is 2.90. The number of benzene rings is 1. The van der Waals surface area contributed by atoms with Crippen LogP contribution in [0.5, 0.6) is 0 Å². The fourth-order valence-corrected chi connectivity index (χ4v) is 3.39. The highest BCUT2D eigenvalue weighted by Crippen LogP contribution is 2.22. The Morgan fingerprint density at radius 3 is 2.62 bits per heavy atom. The van der Waals surface area contributed by atoms with Gasteiger partial charge in [-0.05, 0) is 38.3 Å². The average molecular weight is 334 g/mol. The number of nitrogens with zero attached hydrogens (tertiary/aromatic N) is 2. The number of hydrogen-bond acceptors (Lipinski definition) is 3. The Balaban J connectivity index is 2.04. The van der Waals surface area contributed by atoms with Crippen molar-refractivity contribution in [1.29, 1.82) is 0 Å². The molecule has 0 bridgehead atoms. The number of carbonyl (C=O) groups excluding carboxylic acids is 1. The standard InChI is InChI=1S/C19H30N2O3/c1-5-18(14(3)22)21-11-10-20(19(21)23)13-16-8-7-9-17(12-16)15(4)24-6-2/h7-9,12,14-15,18,22H,5-6,10-11,13H2,1-4H3/t14?,15?,18-/m0/s1. The minimum atomic E-state index is -0.505. The van der Waals surface area contributed by atoms with Crippen LogP contribution in [0.25, 0.3) is 0 Å². The molecular formula is C19H30N2O3. The van der Waals surface area contributed by atoms with Gasteiger partial charge in [-0.3, -0.25) is 0 Å². The molecule has 24 heavy (non-hydrogen) atoms. The fourth-order valence-electron chi connectivity index (χ4n) is 3.39. The van der Waals surface area contributed by atoms with Gasteiger partial charge in [-0.15, -0.1) is 0 Å². The molecule has 1 saturated heterocycles. The van der Waals surface area contributed by atoms with Crippen LogP contribution in [0.2, 0.25) is 0 Å². The van der Waals surface area contributed by atoms with Crippen molar-refractivity contribution in [2.24, 2.45) is 0 Å². The maximum absolute atomic E-state index is 12.7. The molecule has 0 saturated carbocycles. The topological polar surface area (TPSA) is 53.0 Å². The van der Waals surface area contributed by atoms with Gasteiger partial charge in [0.1, 0.15) is 0 Å².